The zero-order chi connectivity index (χ0) is 18.4. The van der Waals surface area contributed by atoms with Crippen molar-refractivity contribution in [3.8, 4) is 12.3 Å². The van der Waals surface area contributed by atoms with Gasteiger partial charge in [-0.15, -0.1) is 17.8 Å². The third-order valence-electron chi connectivity index (χ3n) is 3.40. The first-order valence-electron chi connectivity index (χ1n) is 7.76. The number of thioether (sulfide) groups is 1. The number of anilines is 1. The number of thiazole rings is 1. The third-order valence-corrected chi connectivity index (χ3v) is 5.58. The zero-order valence-electron chi connectivity index (χ0n) is 13.7. The summed E-state index contributed by atoms with van der Waals surface area (Å²) in [4.78, 5) is 28.9. The molecule has 0 fully saturated rings. The maximum Gasteiger partial charge on any atom is 0.254 e. The van der Waals surface area contributed by atoms with Crippen LogP contribution in [0, 0.1) is 12.3 Å². The molecule has 26 heavy (non-hydrogen) atoms. The van der Waals surface area contributed by atoms with E-state index in [2.05, 4.69) is 21.5 Å². The second-order valence-electron chi connectivity index (χ2n) is 5.22. The Morgan fingerprint density at radius 2 is 1.92 bits per heavy atom. The summed E-state index contributed by atoms with van der Waals surface area (Å²) < 4.78 is 1.92. The molecule has 3 rings (SSSR count). The van der Waals surface area contributed by atoms with Crippen LogP contribution >= 0.6 is 23.1 Å². The van der Waals surface area contributed by atoms with Gasteiger partial charge in [-0.2, -0.15) is 0 Å². The lowest BCUT2D eigenvalue weighted by atomic mass is 10.1. The van der Waals surface area contributed by atoms with E-state index in [4.69, 9.17) is 6.42 Å². The van der Waals surface area contributed by atoms with E-state index in [1.54, 1.807) is 35.6 Å². The molecule has 0 radical (unpaired) electrons. The maximum atomic E-state index is 12.3. The fourth-order valence-electron chi connectivity index (χ4n) is 2.24. The minimum atomic E-state index is -0.322. The molecule has 130 valence electrons. The average molecular weight is 381 g/mol. The van der Waals surface area contributed by atoms with Gasteiger partial charge in [-0.1, -0.05) is 41.9 Å². The molecule has 2 N–H and O–H groups in total. The Bertz CT molecular complexity index is 959. The van der Waals surface area contributed by atoms with Gasteiger partial charge in [-0.3, -0.25) is 9.59 Å². The second kappa shape index (κ2) is 8.52. The lowest BCUT2D eigenvalue weighted by Gasteiger charge is -2.10. The van der Waals surface area contributed by atoms with Crippen molar-refractivity contribution < 1.29 is 9.59 Å². The van der Waals surface area contributed by atoms with Gasteiger partial charge >= 0.3 is 0 Å². The number of carbonyl (C=O) groups excluding carboxylic acids is 2. The van der Waals surface area contributed by atoms with Gasteiger partial charge in [0, 0.05) is 0 Å². The summed E-state index contributed by atoms with van der Waals surface area (Å²) >= 11 is 2.92. The van der Waals surface area contributed by atoms with E-state index in [1.165, 1.54) is 11.8 Å². The summed E-state index contributed by atoms with van der Waals surface area (Å²) in [6.07, 6.45) is 5.15. The predicted molar refractivity (Wildman–Crippen MR) is 107 cm³/mol. The minimum Gasteiger partial charge on any atom is -0.341 e. The summed E-state index contributed by atoms with van der Waals surface area (Å²) in [5, 5.41) is 5.37. The number of hydrogen-bond acceptors (Lipinski definition) is 5. The van der Waals surface area contributed by atoms with Crippen LogP contribution < -0.4 is 10.6 Å². The Kier molecular flexibility index (Phi) is 5.89. The molecule has 0 atom stereocenters. The average Bonchev–Trinajstić information content (AvgIpc) is 3.08. The van der Waals surface area contributed by atoms with Crippen molar-refractivity contribution in [1.82, 2.24) is 10.3 Å². The predicted octanol–water partition coefficient (Wildman–Crippen LogP) is 3.39. The summed E-state index contributed by atoms with van der Waals surface area (Å²) in [6.45, 7) is 0.134. The van der Waals surface area contributed by atoms with E-state index in [9.17, 15) is 9.59 Å². The smallest absolute Gasteiger partial charge is 0.254 e. The van der Waals surface area contributed by atoms with E-state index >= 15 is 0 Å². The number of para-hydroxylation sites is 2. The highest BCUT2D eigenvalue weighted by Crippen LogP contribution is 2.29. The highest BCUT2D eigenvalue weighted by molar-refractivity contribution is 8.01. The number of benzene rings is 2. The van der Waals surface area contributed by atoms with Crippen LogP contribution in [0.4, 0.5) is 5.69 Å². The third kappa shape index (κ3) is 4.42. The van der Waals surface area contributed by atoms with Crippen LogP contribution in [0.2, 0.25) is 0 Å². The minimum absolute atomic E-state index is 0.134. The van der Waals surface area contributed by atoms with Crippen LogP contribution in [-0.2, 0) is 4.79 Å². The van der Waals surface area contributed by atoms with Crippen molar-refractivity contribution in [2.75, 3.05) is 17.6 Å². The van der Waals surface area contributed by atoms with E-state index in [-0.39, 0.29) is 24.1 Å². The molecule has 7 heteroatoms. The van der Waals surface area contributed by atoms with Crippen LogP contribution in [0.25, 0.3) is 10.2 Å². The molecule has 2 aromatic carbocycles. The summed E-state index contributed by atoms with van der Waals surface area (Å²) in [7, 11) is 0. The first-order valence-corrected chi connectivity index (χ1v) is 9.56. The Morgan fingerprint density at radius 1 is 1.15 bits per heavy atom. The number of fused-ring (bicyclic) bond motifs is 1. The molecule has 3 aromatic rings. The molecule has 0 aliphatic rings. The van der Waals surface area contributed by atoms with Crippen LogP contribution in [-0.4, -0.2) is 29.1 Å². The van der Waals surface area contributed by atoms with E-state index in [0.29, 0.717) is 11.3 Å². The van der Waals surface area contributed by atoms with Gasteiger partial charge in [-0.25, -0.2) is 4.98 Å². The van der Waals surface area contributed by atoms with Crippen LogP contribution in [0.3, 0.4) is 0 Å². The second-order valence-corrected chi connectivity index (χ2v) is 7.47. The van der Waals surface area contributed by atoms with Crippen LogP contribution in [0.5, 0.6) is 0 Å². The number of aromatic nitrogens is 1. The molecule has 0 saturated heterocycles. The zero-order valence-corrected chi connectivity index (χ0v) is 15.3. The van der Waals surface area contributed by atoms with Gasteiger partial charge in [0.1, 0.15) is 0 Å². The van der Waals surface area contributed by atoms with E-state index < -0.39 is 0 Å². The van der Waals surface area contributed by atoms with E-state index in [1.807, 2.05) is 24.3 Å². The van der Waals surface area contributed by atoms with Gasteiger partial charge in [0.2, 0.25) is 5.91 Å². The highest BCUT2D eigenvalue weighted by atomic mass is 32.2. The summed E-state index contributed by atoms with van der Waals surface area (Å²) in [5.74, 6) is 2.03. The maximum absolute atomic E-state index is 12.3. The summed E-state index contributed by atoms with van der Waals surface area (Å²) in [6, 6.07) is 14.7. The molecule has 0 bridgehead atoms. The molecule has 0 saturated carbocycles. The number of rotatable bonds is 6. The largest absolute Gasteiger partial charge is 0.341 e. The molecule has 0 spiro atoms. The fraction of sp³-hybridized carbons (Fsp3) is 0.105. The van der Waals surface area contributed by atoms with Crippen molar-refractivity contribution in [2.24, 2.45) is 0 Å². The Balaban J connectivity index is 1.63. The Hall–Kier alpha value is -2.82. The van der Waals surface area contributed by atoms with E-state index in [0.717, 1.165) is 14.6 Å². The van der Waals surface area contributed by atoms with Gasteiger partial charge < -0.3 is 10.6 Å². The number of nitrogens with zero attached hydrogens (tertiary/aromatic N) is 1. The molecule has 2 amide bonds. The number of terminal acetylenes is 1. The van der Waals surface area contributed by atoms with Crippen LogP contribution in [0.1, 0.15) is 10.4 Å². The van der Waals surface area contributed by atoms with Crippen molar-refractivity contribution in [3.05, 3.63) is 54.1 Å². The van der Waals surface area contributed by atoms with Gasteiger partial charge in [0.15, 0.2) is 4.34 Å². The fourth-order valence-corrected chi connectivity index (χ4v) is 4.11. The molecule has 0 aliphatic carbocycles. The molecule has 5 nitrogen and oxygen atoms in total. The molecule has 1 aromatic heterocycles. The quantitative estimate of drug-likeness (QED) is 0.507. The lowest BCUT2D eigenvalue weighted by Crippen LogP contribution is -2.25. The standard InChI is InChI=1S/C19H15N3O2S2/c1-2-11-20-18(24)13-7-3-4-8-14(13)21-17(23)12-25-19-22-15-9-5-6-10-16(15)26-19/h1,3-10H,11-12H2,(H,20,24)(H,21,23). The SMILES string of the molecule is C#CCNC(=O)c1ccccc1NC(=O)CSc1nc2ccccc2s1. The molecular formula is C19H15N3O2S2. The van der Waals surface area contributed by atoms with Crippen molar-refractivity contribution in [2.45, 2.75) is 4.34 Å². The monoisotopic (exact) mass is 381 g/mol. The normalized spacial score (nSPS) is 10.3. The lowest BCUT2D eigenvalue weighted by molar-refractivity contribution is -0.113. The Labute approximate surface area is 159 Å². The first-order chi connectivity index (χ1) is 12.7. The molecule has 1 heterocycles. The molecule has 0 aliphatic heterocycles. The number of hydrogen-bond donors (Lipinski definition) is 2. The van der Waals surface area contributed by atoms with Gasteiger partial charge in [0.05, 0.1) is 33.8 Å². The number of nitrogens with one attached hydrogen (secondary N) is 2. The van der Waals surface area contributed by atoms with Crippen molar-refractivity contribution in [3.63, 3.8) is 0 Å². The molecule has 0 unspecified atom stereocenters. The first kappa shape index (κ1) is 18.0. The van der Waals surface area contributed by atoms with Gasteiger partial charge in [0.25, 0.3) is 5.91 Å². The highest BCUT2D eigenvalue weighted by Gasteiger charge is 2.13. The van der Waals surface area contributed by atoms with Crippen LogP contribution in [0.15, 0.2) is 52.9 Å². The topological polar surface area (TPSA) is 71.1 Å². The van der Waals surface area contributed by atoms with Crippen molar-refractivity contribution in [1.29, 1.82) is 0 Å². The van der Waals surface area contributed by atoms with Gasteiger partial charge in [-0.05, 0) is 24.3 Å². The molecular weight excluding hydrogens is 366 g/mol. The Morgan fingerprint density at radius 3 is 2.73 bits per heavy atom. The number of carbonyl (C=O) groups is 2. The summed E-state index contributed by atoms with van der Waals surface area (Å²) in [5.41, 5.74) is 1.76. The van der Waals surface area contributed by atoms with Crippen molar-refractivity contribution >= 4 is 50.8 Å². The number of amides is 2.